The van der Waals surface area contributed by atoms with E-state index in [0.717, 1.165) is 5.02 Å². The third-order valence-electron chi connectivity index (χ3n) is 2.91. The molecule has 1 unspecified atom stereocenters. The van der Waals surface area contributed by atoms with Gasteiger partial charge in [0.15, 0.2) is 0 Å². The monoisotopic (exact) mass is 262 g/mol. The van der Waals surface area contributed by atoms with Gasteiger partial charge in [-0.3, -0.25) is 0 Å². The van der Waals surface area contributed by atoms with Crippen LogP contribution in [-0.4, -0.2) is 6.26 Å². The molecule has 0 amide bonds. The summed E-state index contributed by atoms with van der Waals surface area (Å²) < 4.78 is 0. The number of hydrogen-bond donors (Lipinski definition) is 0. The van der Waals surface area contributed by atoms with Crippen molar-refractivity contribution in [3.05, 3.63) is 59.1 Å². The van der Waals surface area contributed by atoms with Crippen molar-refractivity contribution in [2.75, 3.05) is 6.26 Å². The highest BCUT2D eigenvalue weighted by Gasteiger charge is 2.03. The Balaban J connectivity index is 2.26. The molecule has 0 nitrogen and oxygen atoms in total. The maximum Gasteiger partial charge on any atom is 0.0406 e. The first-order valence-electron chi connectivity index (χ1n) is 5.59. The predicted molar refractivity (Wildman–Crippen MR) is 78.8 cm³/mol. The molecule has 0 aromatic heterocycles. The van der Waals surface area contributed by atoms with Gasteiger partial charge in [0.1, 0.15) is 0 Å². The van der Waals surface area contributed by atoms with Crippen LogP contribution >= 0.6 is 23.4 Å². The summed E-state index contributed by atoms with van der Waals surface area (Å²) >= 11 is 7.75. The van der Waals surface area contributed by atoms with Gasteiger partial charge in [-0.2, -0.15) is 11.8 Å². The molecule has 2 heteroatoms. The van der Waals surface area contributed by atoms with E-state index < -0.39 is 0 Å². The average molecular weight is 263 g/mol. The van der Waals surface area contributed by atoms with E-state index in [1.54, 1.807) is 0 Å². The summed E-state index contributed by atoms with van der Waals surface area (Å²) in [6, 6.07) is 16.7. The quantitative estimate of drug-likeness (QED) is 0.711. The maximum absolute atomic E-state index is 5.88. The van der Waals surface area contributed by atoms with Crippen LogP contribution in [0.5, 0.6) is 0 Å². The summed E-state index contributed by atoms with van der Waals surface area (Å²) in [4.78, 5) is 0. The van der Waals surface area contributed by atoms with Crippen molar-refractivity contribution in [1.29, 1.82) is 0 Å². The summed E-state index contributed by atoms with van der Waals surface area (Å²) in [6.07, 6.45) is 2.14. The van der Waals surface area contributed by atoms with Crippen molar-refractivity contribution < 1.29 is 0 Å². The van der Waals surface area contributed by atoms with Crippen LogP contribution in [0.2, 0.25) is 5.02 Å². The molecule has 0 bridgehead atoms. The van der Waals surface area contributed by atoms with Crippen molar-refractivity contribution >= 4 is 23.4 Å². The lowest BCUT2D eigenvalue weighted by Crippen LogP contribution is -1.87. The van der Waals surface area contributed by atoms with Crippen LogP contribution in [0.3, 0.4) is 0 Å². The molecule has 0 saturated heterocycles. The molecule has 0 radical (unpaired) electrons. The first-order chi connectivity index (χ1) is 8.20. The molecular formula is C15H15ClS. The number of rotatable bonds is 3. The molecule has 0 saturated carbocycles. The zero-order valence-electron chi connectivity index (χ0n) is 9.98. The van der Waals surface area contributed by atoms with Gasteiger partial charge >= 0.3 is 0 Å². The van der Waals surface area contributed by atoms with Crippen LogP contribution in [-0.2, 0) is 0 Å². The van der Waals surface area contributed by atoms with Crippen LogP contribution in [0.4, 0.5) is 0 Å². The molecule has 17 heavy (non-hydrogen) atoms. The summed E-state index contributed by atoms with van der Waals surface area (Å²) in [5.74, 6) is 0. The Hall–Kier alpha value is -0.920. The van der Waals surface area contributed by atoms with Crippen molar-refractivity contribution in [2.24, 2.45) is 0 Å². The van der Waals surface area contributed by atoms with E-state index in [4.69, 9.17) is 11.6 Å². The Morgan fingerprint density at radius 2 is 1.35 bits per heavy atom. The van der Waals surface area contributed by atoms with Gasteiger partial charge in [-0.25, -0.2) is 0 Å². The fourth-order valence-electron chi connectivity index (χ4n) is 1.73. The Bertz CT molecular complexity index is 473. The third kappa shape index (κ3) is 3.05. The summed E-state index contributed by atoms with van der Waals surface area (Å²) in [6.45, 7) is 2.22. The molecular weight excluding hydrogens is 248 g/mol. The molecule has 0 aliphatic carbocycles. The van der Waals surface area contributed by atoms with Gasteiger partial charge in [0.2, 0.25) is 0 Å². The Morgan fingerprint density at radius 1 is 0.882 bits per heavy atom. The van der Waals surface area contributed by atoms with Crippen LogP contribution in [0.25, 0.3) is 11.1 Å². The second-order valence-electron chi connectivity index (χ2n) is 4.01. The van der Waals surface area contributed by atoms with Crippen molar-refractivity contribution in [1.82, 2.24) is 0 Å². The number of benzene rings is 2. The third-order valence-corrected chi connectivity index (χ3v) is 4.14. The Kier molecular flexibility index (Phi) is 4.14. The van der Waals surface area contributed by atoms with Gasteiger partial charge in [-0.15, -0.1) is 0 Å². The number of hydrogen-bond acceptors (Lipinski definition) is 1. The van der Waals surface area contributed by atoms with E-state index in [1.165, 1.54) is 16.7 Å². The Morgan fingerprint density at radius 3 is 1.82 bits per heavy atom. The lowest BCUT2D eigenvalue weighted by atomic mass is 10.0. The van der Waals surface area contributed by atoms with Crippen LogP contribution in [0.15, 0.2) is 48.5 Å². The van der Waals surface area contributed by atoms with E-state index in [-0.39, 0.29) is 0 Å². The minimum atomic E-state index is 0.550. The fraction of sp³-hybridized carbons (Fsp3) is 0.200. The van der Waals surface area contributed by atoms with Gasteiger partial charge in [0.05, 0.1) is 0 Å². The summed E-state index contributed by atoms with van der Waals surface area (Å²) in [5.41, 5.74) is 3.81. The highest BCUT2D eigenvalue weighted by Crippen LogP contribution is 2.28. The molecule has 0 fully saturated rings. The maximum atomic E-state index is 5.88. The second kappa shape index (κ2) is 5.61. The predicted octanol–water partition coefficient (Wildman–Crippen LogP) is 5.43. The minimum Gasteiger partial charge on any atom is -0.158 e. The molecule has 0 aliphatic heterocycles. The normalized spacial score (nSPS) is 12.4. The molecule has 0 N–H and O–H groups in total. The van der Waals surface area contributed by atoms with Crippen molar-refractivity contribution in [2.45, 2.75) is 12.2 Å². The van der Waals surface area contributed by atoms with Gasteiger partial charge in [-0.05, 0) is 42.0 Å². The number of thioether (sulfide) groups is 1. The molecule has 2 aromatic carbocycles. The lowest BCUT2D eigenvalue weighted by molar-refractivity contribution is 1.10. The van der Waals surface area contributed by atoms with Crippen molar-refractivity contribution in [3.63, 3.8) is 0 Å². The SMILES string of the molecule is CSC(C)c1ccc(-c2ccc(Cl)cc2)cc1. The van der Waals surface area contributed by atoms with Gasteiger partial charge < -0.3 is 0 Å². The minimum absolute atomic E-state index is 0.550. The topological polar surface area (TPSA) is 0 Å². The first-order valence-corrected chi connectivity index (χ1v) is 7.26. The van der Waals surface area contributed by atoms with Crippen LogP contribution in [0, 0.1) is 0 Å². The fourth-order valence-corrected chi connectivity index (χ4v) is 2.28. The largest absolute Gasteiger partial charge is 0.158 e. The lowest BCUT2D eigenvalue weighted by Gasteiger charge is -2.09. The standard InChI is InChI=1S/C15H15ClS/c1-11(17-2)12-3-5-13(6-4-12)14-7-9-15(16)10-8-14/h3-11H,1-2H3. The van der Waals surface area contributed by atoms with E-state index >= 15 is 0 Å². The zero-order chi connectivity index (χ0) is 12.3. The molecule has 1 atom stereocenters. The highest BCUT2D eigenvalue weighted by atomic mass is 35.5. The zero-order valence-corrected chi connectivity index (χ0v) is 11.6. The van der Waals surface area contributed by atoms with Crippen molar-refractivity contribution in [3.8, 4) is 11.1 Å². The van der Waals surface area contributed by atoms with Gasteiger partial charge in [0.25, 0.3) is 0 Å². The number of halogens is 1. The smallest absolute Gasteiger partial charge is 0.0406 e. The van der Waals surface area contributed by atoms with Crippen LogP contribution in [0.1, 0.15) is 17.7 Å². The van der Waals surface area contributed by atoms with Gasteiger partial charge in [-0.1, -0.05) is 48.0 Å². The van der Waals surface area contributed by atoms with E-state index in [9.17, 15) is 0 Å². The highest BCUT2D eigenvalue weighted by molar-refractivity contribution is 7.98. The Labute approximate surface area is 112 Å². The molecule has 2 aromatic rings. The molecule has 2 rings (SSSR count). The van der Waals surface area contributed by atoms with Crippen LogP contribution < -0.4 is 0 Å². The first kappa shape index (κ1) is 12.5. The summed E-state index contributed by atoms with van der Waals surface area (Å²) in [5, 5.41) is 1.33. The van der Waals surface area contributed by atoms with E-state index in [2.05, 4.69) is 49.6 Å². The second-order valence-corrected chi connectivity index (χ2v) is 5.62. The average Bonchev–Trinajstić information content (AvgIpc) is 2.39. The molecule has 88 valence electrons. The molecule has 0 heterocycles. The summed E-state index contributed by atoms with van der Waals surface area (Å²) in [7, 11) is 0. The molecule has 0 spiro atoms. The van der Waals surface area contributed by atoms with E-state index in [0.29, 0.717) is 5.25 Å². The molecule has 0 aliphatic rings. The van der Waals surface area contributed by atoms with Gasteiger partial charge in [0, 0.05) is 10.3 Å². The van der Waals surface area contributed by atoms with E-state index in [1.807, 2.05) is 23.9 Å².